The Kier molecular flexibility index (Phi) is 5.26. The number of nitrogens with zero attached hydrogens (tertiary/aromatic N) is 3. The summed E-state index contributed by atoms with van der Waals surface area (Å²) in [4.78, 5) is 12.0. The lowest BCUT2D eigenvalue weighted by Crippen LogP contribution is -2.01. The standard InChI is InChI=1S/C21H19N3O4S/c1-24-20(13-4-6-15(26-2)7-5-13)22-23-21(24)29-12-14-10-19(25)28-18-11-16(27-3)8-9-17(14)18/h4-11H,12H2,1-3H3. The van der Waals surface area contributed by atoms with Gasteiger partial charge >= 0.3 is 5.63 Å². The second-order valence-electron chi connectivity index (χ2n) is 6.34. The van der Waals surface area contributed by atoms with Gasteiger partial charge in [0, 0.05) is 35.9 Å². The van der Waals surface area contributed by atoms with Gasteiger partial charge in [-0.05, 0) is 42.0 Å². The number of benzene rings is 2. The van der Waals surface area contributed by atoms with E-state index in [2.05, 4.69) is 10.2 Å². The first-order valence-electron chi connectivity index (χ1n) is 8.86. The summed E-state index contributed by atoms with van der Waals surface area (Å²) in [5, 5.41) is 10.2. The summed E-state index contributed by atoms with van der Waals surface area (Å²) in [6, 6.07) is 14.6. The van der Waals surface area contributed by atoms with Crippen molar-refractivity contribution >= 4 is 22.7 Å². The molecule has 0 saturated carbocycles. The summed E-state index contributed by atoms with van der Waals surface area (Å²) in [6.45, 7) is 0. The fourth-order valence-electron chi connectivity index (χ4n) is 3.03. The second kappa shape index (κ2) is 8.00. The van der Waals surface area contributed by atoms with Gasteiger partial charge in [-0.2, -0.15) is 0 Å². The van der Waals surface area contributed by atoms with Crippen molar-refractivity contribution in [3.05, 3.63) is 64.5 Å². The number of hydrogen-bond donors (Lipinski definition) is 0. The summed E-state index contributed by atoms with van der Waals surface area (Å²) in [6.07, 6.45) is 0. The van der Waals surface area contributed by atoms with E-state index in [0.29, 0.717) is 17.1 Å². The summed E-state index contributed by atoms with van der Waals surface area (Å²) in [5.41, 5.74) is 1.94. The van der Waals surface area contributed by atoms with Crippen molar-refractivity contribution in [2.24, 2.45) is 7.05 Å². The Morgan fingerprint density at radius 1 is 1.00 bits per heavy atom. The van der Waals surface area contributed by atoms with Gasteiger partial charge in [0.2, 0.25) is 0 Å². The van der Waals surface area contributed by atoms with Gasteiger partial charge < -0.3 is 18.5 Å². The molecule has 0 fully saturated rings. The largest absolute Gasteiger partial charge is 0.497 e. The van der Waals surface area contributed by atoms with Gasteiger partial charge in [0.25, 0.3) is 0 Å². The lowest BCUT2D eigenvalue weighted by Gasteiger charge is -2.07. The van der Waals surface area contributed by atoms with E-state index in [4.69, 9.17) is 13.9 Å². The molecule has 0 unspecified atom stereocenters. The van der Waals surface area contributed by atoms with Crippen molar-refractivity contribution < 1.29 is 13.9 Å². The maximum Gasteiger partial charge on any atom is 0.336 e. The van der Waals surface area contributed by atoms with Crippen molar-refractivity contribution in [3.8, 4) is 22.9 Å². The minimum absolute atomic E-state index is 0.391. The van der Waals surface area contributed by atoms with Crippen LogP contribution in [0.5, 0.6) is 11.5 Å². The van der Waals surface area contributed by atoms with Crippen LogP contribution >= 0.6 is 11.8 Å². The molecule has 2 aromatic heterocycles. The van der Waals surface area contributed by atoms with E-state index in [0.717, 1.165) is 33.2 Å². The van der Waals surface area contributed by atoms with Crippen LogP contribution in [-0.4, -0.2) is 29.0 Å². The van der Waals surface area contributed by atoms with E-state index in [1.807, 2.05) is 48.0 Å². The van der Waals surface area contributed by atoms with Crippen LogP contribution in [0.3, 0.4) is 0 Å². The van der Waals surface area contributed by atoms with Gasteiger partial charge in [-0.25, -0.2) is 4.79 Å². The zero-order valence-corrected chi connectivity index (χ0v) is 17.0. The topological polar surface area (TPSA) is 79.4 Å². The van der Waals surface area contributed by atoms with Crippen LogP contribution in [0.15, 0.2) is 62.9 Å². The van der Waals surface area contributed by atoms with Gasteiger partial charge in [-0.15, -0.1) is 10.2 Å². The highest BCUT2D eigenvalue weighted by atomic mass is 32.2. The Balaban J connectivity index is 1.60. The van der Waals surface area contributed by atoms with E-state index in [1.165, 1.54) is 17.8 Å². The number of ether oxygens (including phenoxy) is 2. The first-order valence-corrected chi connectivity index (χ1v) is 9.85. The third-order valence-electron chi connectivity index (χ3n) is 4.58. The molecule has 0 aliphatic carbocycles. The molecule has 0 spiro atoms. The Labute approximate surface area is 171 Å². The van der Waals surface area contributed by atoms with Gasteiger partial charge in [0.05, 0.1) is 14.2 Å². The molecule has 8 heteroatoms. The van der Waals surface area contributed by atoms with Gasteiger partial charge in [-0.1, -0.05) is 11.8 Å². The molecule has 148 valence electrons. The van der Waals surface area contributed by atoms with Crippen molar-refractivity contribution in [2.75, 3.05) is 14.2 Å². The first kappa shape index (κ1) is 19.1. The van der Waals surface area contributed by atoms with Crippen LogP contribution in [0.4, 0.5) is 0 Å². The van der Waals surface area contributed by atoms with Gasteiger partial charge in [0.1, 0.15) is 17.1 Å². The average molecular weight is 409 g/mol. The predicted molar refractivity (Wildman–Crippen MR) is 112 cm³/mol. The molecule has 4 aromatic rings. The molecule has 2 aromatic carbocycles. The van der Waals surface area contributed by atoms with E-state index in [1.54, 1.807) is 20.3 Å². The molecule has 7 nitrogen and oxygen atoms in total. The van der Waals surface area contributed by atoms with Crippen LogP contribution in [0.1, 0.15) is 5.56 Å². The molecule has 0 bridgehead atoms. The fourth-order valence-corrected chi connectivity index (χ4v) is 3.93. The Hall–Kier alpha value is -3.26. The molecular formula is C21H19N3O4S. The minimum atomic E-state index is -0.391. The molecule has 2 heterocycles. The molecule has 0 N–H and O–H groups in total. The number of rotatable bonds is 6. The smallest absolute Gasteiger partial charge is 0.336 e. The number of fused-ring (bicyclic) bond motifs is 1. The van der Waals surface area contributed by atoms with Crippen LogP contribution in [0, 0.1) is 0 Å². The highest BCUT2D eigenvalue weighted by Gasteiger charge is 2.13. The number of hydrogen-bond acceptors (Lipinski definition) is 7. The average Bonchev–Trinajstić information content (AvgIpc) is 3.11. The maximum absolute atomic E-state index is 12.0. The van der Waals surface area contributed by atoms with Crippen molar-refractivity contribution in [1.82, 2.24) is 14.8 Å². The zero-order chi connectivity index (χ0) is 20.4. The van der Waals surface area contributed by atoms with Crippen LogP contribution < -0.4 is 15.1 Å². The SMILES string of the molecule is COc1ccc(-c2nnc(SCc3cc(=O)oc4cc(OC)ccc34)n2C)cc1. The van der Waals surface area contributed by atoms with Crippen LogP contribution in [0.25, 0.3) is 22.4 Å². The molecule has 0 aliphatic heterocycles. The predicted octanol–water partition coefficient (Wildman–Crippen LogP) is 3.90. The second-order valence-corrected chi connectivity index (χ2v) is 7.28. The van der Waals surface area contributed by atoms with Gasteiger partial charge in [0.15, 0.2) is 11.0 Å². The Bertz CT molecular complexity index is 1220. The van der Waals surface area contributed by atoms with Gasteiger partial charge in [-0.3, -0.25) is 0 Å². The normalized spacial score (nSPS) is 11.0. The highest BCUT2D eigenvalue weighted by Crippen LogP contribution is 2.29. The third kappa shape index (κ3) is 3.84. The highest BCUT2D eigenvalue weighted by molar-refractivity contribution is 7.98. The summed E-state index contributed by atoms with van der Waals surface area (Å²) in [5.74, 6) is 2.75. The van der Waals surface area contributed by atoms with E-state index >= 15 is 0 Å². The molecule has 4 rings (SSSR count). The number of aromatic nitrogens is 3. The zero-order valence-electron chi connectivity index (χ0n) is 16.2. The monoisotopic (exact) mass is 409 g/mol. The lowest BCUT2D eigenvalue weighted by atomic mass is 10.1. The Morgan fingerprint density at radius 2 is 1.72 bits per heavy atom. The molecule has 0 amide bonds. The summed E-state index contributed by atoms with van der Waals surface area (Å²) in [7, 11) is 5.13. The minimum Gasteiger partial charge on any atom is -0.497 e. The van der Waals surface area contributed by atoms with Crippen LogP contribution in [-0.2, 0) is 12.8 Å². The molecule has 0 aliphatic rings. The summed E-state index contributed by atoms with van der Waals surface area (Å²) >= 11 is 1.51. The van der Waals surface area contributed by atoms with Crippen LogP contribution in [0.2, 0.25) is 0 Å². The molecule has 0 atom stereocenters. The van der Waals surface area contributed by atoms with Crippen molar-refractivity contribution in [1.29, 1.82) is 0 Å². The maximum atomic E-state index is 12.0. The van der Waals surface area contributed by atoms with Crippen molar-refractivity contribution in [2.45, 2.75) is 10.9 Å². The van der Waals surface area contributed by atoms with E-state index < -0.39 is 5.63 Å². The molecular weight excluding hydrogens is 390 g/mol. The van der Waals surface area contributed by atoms with E-state index in [-0.39, 0.29) is 0 Å². The molecule has 0 saturated heterocycles. The number of methoxy groups -OCH3 is 2. The first-order chi connectivity index (χ1) is 14.1. The van der Waals surface area contributed by atoms with E-state index in [9.17, 15) is 4.79 Å². The summed E-state index contributed by atoms with van der Waals surface area (Å²) < 4.78 is 17.7. The third-order valence-corrected chi connectivity index (χ3v) is 5.65. The molecule has 29 heavy (non-hydrogen) atoms. The number of thioether (sulfide) groups is 1. The quantitative estimate of drug-likeness (QED) is 0.353. The van der Waals surface area contributed by atoms with Crippen molar-refractivity contribution in [3.63, 3.8) is 0 Å². The molecule has 0 radical (unpaired) electrons. The Morgan fingerprint density at radius 3 is 2.45 bits per heavy atom. The fraction of sp³-hybridized carbons (Fsp3) is 0.190. The lowest BCUT2D eigenvalue weighted by molar-refractivity contribution is 0.414.